The summed E-state index contributed by atoms with van der Waals surface area (Å²) in [7, 11) is 2.08. The van der Waals surface area contributed by atoms with E-state index in [0.717, 1.165) is 35.1 Å². The predicted molar refractivity (Wildman–Crippen MR) is 135 cm³/mol. The molecule has 9 heteroatoms. The van der Waals surface area contributed by atoms with Gasteiger partial charge >= 0.3 is 0 Å². The summed E-state index contributed by atoms with van der Waals surface area (Å²) in [5.74, 6) is 1.33. The number of pyridine rings is 1. The van der Waals surface area contributed by atoms with Crippen LogP contribution in [0.2, 0.25) is 5.02 Å². The third-order valence-electron chi connectivity index (χ3n) is 5.34. The quantitative estimate of drug-likeness (QED) is 0.457. The lowest BCUT2D eigenvalue weighted by atomic mass is 10.1. The number of halogens is 1. The number of rotatable bonds is 8. The third kappa shape index (κ3) is 5.69. The van der Waals surface area contributed by atoms with Crippen LogP contribution in [0.4, 0.5) is 5.13 Å². The van der Waals surface area contributed by atoms with Crippen molar-refractivity contribution in [2.75, 3.05) is 38.7 Å². The van der Waals surface area contributed by atoms with E-state index in [0.29, 0.717) is 41.2 Å². The molecule has 7 nitrogen and oxygen atoms in total. The zero-order chi connectivity index (χ0) is 23.5. The lowest BCUT2D eigenvalue weighted by molar-refractivity contribution is -0.0107. The maximum absolute atomic E-state index is 6.82. The Morgan fingerprint density at radius 1 is 1.21 bits per heavy atom. The standard InChI is InChI=1S/C24H31ClN4O3S/c1-14(2)26-24-28-19(13-33-24)18-10-21(32-15(3)4)17-6-7-20(22(25)23(17)27-18)31-12-16-11-30-9-8-29(16)5/h6-7,10,13-16H,8-9,11-12H2,1-5H3,(H,26,28)/t16-/m0/s1. The maximum Gasteiger partial charge on any atom is 0.183 e. The van der Waals surface area contributed by atoms with Crippen LogP contribution in [0.5, 0.6) is 11.5 Å². The number of thiazole rings is 1. The molecule has 1 aromatic carbocycles. The molecule has 0 saturated carbocycles. The Balaban J connectivity index is 1.69. The van der Waals surface area contributed by atoms with Crippen molar-refractivity contribution in [2.24, 2.45) is 0 Å². The van der Waals surface area contributed by atoms with Crippen LogP contribution in [0.25, 0.3) is 22.3 Å². The molecular weight excluding hydrogens is 460 g/mol. The average molecular weight is 491 g/mol. The van der Waals surface area contributed by atoms with Gasteiger partial charge < -0.3 is 19.5 Å². The lowest BCUT2D eigenvalue weighted by Gasteiger charge is -2.32. The minimum atomic E-state index is 0.00796. The number of hydrogen-bond donors (Lipinski definition) is 1. The molecule has 0 unspecified atom stereocenters. The van der Waals surface area contributed by atoms with E-state index in [2.05, 4.69) is 31.1 Å². The van der Waals surface area contributed by atoms with E-state index in [1.165, 1.54) is 0 Å². The molecule has 0 bridgehead atoms. The summed E-state index contributed by atoms with van der Waals surface area (Å²) in [6.45, 7) is 11.0. The fourth-order valence-electron chi connectivity index (χ4n) is 3.61. The Bertz CT molecular complexity index is 1100. The van der Waals surface area contributed by atoms with Gasteiger partial charge in [0.25, 0.3) is 0 Å². The average Bonchev–Trinajstić information content (AvgIpc) is 3.22. The van der Waals surface area contributed by atoms with Gasteiger partial charge in [0.05, 0.1) is 36.6 Å². The van der Waals surface area contributed by atoms with Crippen molar-refractivity contribution in [1.82, 2.24) is 14.9 Å². The first kappa shape index (κ1) is 24.0. The van der Waals surface area contributed by atoms with Crippen LogP contribution in [0.3, 0.4) is 0 Å². The molecule has 33 heavy (non-hydrogen) atoms. The van der Waals surface area contributed by atoms with E-state index in [4.69, 9.17) is 35.8 Å². The van der Waals surface area contributed by atoms with Crippen molar-refractivity contribution < 1.29 is 14.2 Å². The smallest absolute Gasteiger partial charge is 0.183 e. The molecule has 1 saturated heterocycles. The second-order valence-electron chi connectivity index (χ2n) is 8.80. The molecule has 3 heterocycles. The van der Waals surface area contributed by atoms with Gasteiger partial charge in [-0.25, -0.2) is 9.97 Å². The summed E-state index contributed by atoms with van der Waals surface area (Å²) in [6.07, 6.45) is 0.00796. The SMILES string of the molecule is CC(C)Nc1nc(-c2cc(OC(C)C)c3ccc(OC[C@@H]4COCCN4C)c(Cl)c3n2)cs1. The van der Waals surface area contributed by atoms with Crippen molar-refractivity contribution in [3.05, 3.63) is 28.6 Å². The van der Waals surface area contributed by atoms with Gasteiger partial charge in [-0.3, -0.25) is 4.90 Å². The van der Waals surface area contributed by atoms with Crippen molar-refractivity contribution in [3.63, 3.8) is 0 Å². The molecule has 1 aliphatic heterocycles. The molecule has 0 radical (unpaired) electrons. The van der Waals surface area contributed by atoms with Crippen LogP contribution < -0.4 is 14.8 Å². The van der Waals surface area contributed by atoms with Crippen molar-refractivity contribution in [2.45, 2.75) is 45.9 Å². The number of morpholine rings is 1. The van der Waals surface area contributed by atoms with Crippen LogP contribution in [-0.2, 0) is 4.74 Å². The maximum atomic E-state index is 6.82. The van der Waals surface area contributed by atoms with Crippen LogP contribution in [0.15, 0.2) is 23.6 Å². The molecule has 0 amide bonds. The van der Waals surface area contributed by atoms with Crippen molar-refractivity contribution in [1.29, 1.82) is 0 Å². The highest BCUT2D eigenvalue weighted by molar-refractivity contribution is 7.14. The van der Waals surface area contributed by atoms with E-state index in [-0.39, 0.29) is 12.1 Å². The number of hydrogen-bond acceptors (Lipinski definition) is 8. The minimum Gasteiger partial charge on any atom is -0.490 e. The van der Waals surface area contributed by atoms with Gasteiger partial charge in [-0.05, 0) is 46.9 Å². The third-order valence-corrected chi connectivity index (χ3v) is 6.48. The number of fused-ring (bicyclic) bond motifs is 1. The van der Waals surface area contributed by atoms with Gasteiger partial charge in [0.1, 0.15) is 28.8 Å². The summed E-state index contributed by atoms with van der Waals surface area (Å²) in [5.41, 5.74) is 2.13. The molecular formula is C24H31ClN4O3S. The van der Waals surface area contributed by atoms with E-state index in [9.17, 15) is 0 Å². The molecule has 1 aliphatic rings. The molecule has 0 aliphatic carbocycles. The Labute approximate surface area is 204 Å². The second kappa shape index (κ2) is 10.4. The zero-order valence-electron chi connectivity index (χ0n) is 19.7. The fourth-order valence-corrected chi connectivity index (χ4v) is 4.72. The van der Waals surface area contributed by atoms with E-state index < -0.39 is 0 Å². The number of ether oxygens (including phenoxy) is 3. The van der Waals surface area contributed by atoms with Gasteiger partial charge in [-0.15, -0.1) is 11.3 Å². The molecule has 2 aromatic heterocycles. The summed E-state index contributed by atoms with van der Waals surface area (Å²) >= 11 is 8.37. The molecule has 1 fully saturated rings. The molecule has 0 spiro atoms. The normalized spacial score (nSPS) is 17.2. The molecule has 1 N–H and O–H groups in total. The van der Waals surface area contributed by atoms with Gasteiger partial charge in [0.2, 0.25) is 0 Å². The highest BCUT2D eigenvalue weighted by atomic mass is 35.5. The van der Waals surface area contributed by atoms with Gasteiger partial charge in [0, 0.05) is 29.4 Å². The monoisotopic (exact) mass is 490 g/mol. The highest BCUT2D eigenvalue weighted by Crippen LogP contribution is 2.39. The number of aromatic nitrogens is 2. The van der Waals surface area contributed by atoms with Gasteiger partial charge in [-0.2, -0.15) is 0 Å². The number of benzene rings is 1. The van der Waals surface area contributed by atoms with Crippen molar-refractivity contribution >= 4 is 39.0 Å². The molecule has 3 aromatic rings. The van der Waals surface area contributed by atoms with Gasteiger partial charge in [0.15, 0.2) is 5.13 Å². The van der Waals surface area contributed by atoms with E-state index in [1.54, 1.807) is 11.3 Å². The number of anilines is 1. The summed E-state index contributed by atoms with van der Waals surface area (Å²) < 4.78 is 17.8. The number of nitrogens with zero attached hydrogens (tertiary/aromatic N) is 3. The fraction of sp³-hybridized carbons (Fsp3) is 0.500. The second-order valence-corrected chi connectivity index (χ2v) is 10.0. The Morgan fingerprint density at radius 2 is 2.03 bits per heavy atom. The van der Waals surface area contributed by atoms with Crippen LogP contribution in [0.1, 0.15) is 27.7 Å². The summed E-state index contributed by atoms with van der Waals surface area (Å²) in [5, 5.41) is 7.50. The summed E-state index contributed by atoms with van der Waals surface area (Å²) in [6, 6.07) is 6.26. The zero-order valence-corrected chi connectivity index (χ0v) is 21.3. The Kier molecular flexibility index (Phi) is 7.58. The van der Waals surface area contributed by atoms with Gasteiger partial charge in [-0.1, -0.05) is 11.6 Å². The van der Waals surface area contributed by atoms with Crippen LogP contribution >= 0.6 is 22.9 Å². The number of likely N-dealkylation sites (N-methyl/N-ethyl adjacent to an activating group) is 1. The Morgan fingerprint density at radius 3 is 2.76 bits per heavy atom. The highest BCUT2D eigenvalue weighted by Gasteiger charge is 2.22. The first-order chi connectivity index (χ1) is 15.8. The summed E-state index contributed by atoms with van der Waals surface area (Å²) in [4.78, 5) is 11.8. The number of nitrogens with one attached hydrogen (secondary N) is 1. The van der Waals surface area contributed by atoms with Crippen LogP contribution in [0, 0.1) is 0 Å². The van der Waals surface area contributed by atoms with E-state index in [1.807, 2.05) is 37.4 Å². The first-order valence-corrected chi connectivity index (χ1v) is 12.5. The lowest BCUT2D eigenvalue weighted by Crippen LogP contribution is -2.46. The Hall–Kier alpha value is -2.13. The topological polar surface area (TPSA) is 68.7 Å². The first-order valence-electron chi connectivity index (χ1n) is 11.2. The van der Waals surface area contributed by atoms with Crippen LogP contribution in [-0.4, -0.2) is 66.5 Å². The molecule has 178 valence electrons. The largest absolute Gasteiger partial charge is 0.490 e. The predicted octanol–water partition coefficient (Wildman–Crippen LogP) is 5.33. The molecule has 1 atom stereocenters. The van der Waals surface area contributed by atoms with E-state index >= 15 is 0 Å². The van der Waals surface area contributed by atoms with Crippen molar-refractivity contribution in [3.8, 4) is 22.9 Å². The minimum absolute atomic E-state index is 0.00796. The molecule has 4 rings (SSSR count).